The summed E-state index contributed by atoms with van der Waals surface area (Å²) in [5, 5.41) is 19.4. The summed E-state index contributed by atoms with van der Waals surface area (Å²) in [5.74, 6) is -0.311. The molecule has 3 rings (SSSR count). The van der Waals surface area contributed by atoms with E-state index in [0.717, 1.165) is 5.69 Å². The summed E-state index contributed by atoms with van der Waals surface area (Å²) in [6.45, 7) is 8.05. The van der Waals surface area contributed by atoms with E-state index in [1.165, 1.54) is 0 Å². The number of aryl methyl sites for hydroxylation is 1. The van der Waals surface area contributed by atoms with Gasteiger partial charge < -0.3 is 20.1 Å². The van der Waals surface area contributed by atoms with Crippen LogP contribution in [0, 0.1) is 18.8 Å². The van der Waals surface area contributed by atoms with Gasteiger partial charge in [-0.05, 0) is 40.0 Å². The molecule has 1 fully saturated rings. The highest BCUT2D eigenvalue weighted by molar-refractivity contribution is 5.73. The van der Waals surface area contributed by atoms with E-state index >= 15 is 0 Å². The molecule has 2 aromatic heterocycles. The third kappa shape index (κ3) is 5.91. The summed E-state index contributed by atoms with van der Waals surface area (Å²) in [6.07, 6.45) is 2.19. The number of nitrogens with zero attached hydrogens (tertiary/aromatic N) is 4. The molecule has 0 unspecified atom stereocenters. The molecule has 0 saturated carbocycles. The van der Waals surface area contributed by atoms with E-state index in [-0.39, 0.29) is 24.9 Å². The van der Waals surface area contributed by atoms with Gasteiger partial charge >= 0.3 is 11.9 Å². The highest BCUT2D eigenvalue weighted by Crippen LogP contribution is 2.29. The quantitative estimate of drug-likeness (QED) is 0.607. The molecule has 2 atom stereocenters. The number of ether oxygens (including phenoxy) is 1. The number of hydrogen-bond acceptors (Lipinski definition) is 8. The number of rotatable bonds is 6. The van der Waals surface area contributed by atoms with Gasteiger partial charge in [0.05, 0.1) is 18.5 Å². The maximum Gasteiger partial charge on any atom is 0.308 e. The highest BCUT2D eigenvalue weighted by Gasteiger charge is 2.34. The predicted octanol–water partition coefficient (Wildman–Crippen LogP) is 2.51. The van der Waals surface area contributed by atoms with Gasteiger partial charge in [-0.2, -0.15) is 10.1 Å². The topological polar surface area (TPSA) is 133 Å². The molecule has 1 aliphatic rings. The molecule has 3 N–H and O–H groups in total. The first-order valence-electron chi connectivity index (χ1n) is 9.91. The molecule has 0 aromatic carbocycles. The van der Waals surface area contributed by atoms with Crippen molar-refractivity contribution in [3.8, 4) is 0 Å². The Morgan fingerprint density at radius 2 is 2.10 bits per heavy atom. The Morgan fingerprint density at radius 1 is 1.33 bits per heavy atom. The molecule has 0 bridgehead atoms. The summed E-state index contributed by atoms with van der Waals surface area (Å²) in [4.78, 5) is 34.9. The second kappa shape index (κ2) is 8.68. The van der Waals surface area contributed by atoms with Crippen LogP contribution in [0.5, 0.6) is 0 Å². The molecule has 0 radical (unpaired) electrons. The molecule has 2 aromatic rings. The summed E-state index contributed by atoms with van der Waals surface area (Å²) in [6, 6.07) is 3.57. The van der Waals surface area contributed by atoms with Crippen LogP contribution in [-0.2, 0) is 14.3 Å². The highest BCUT2D eigenvalue weighted by atomic mass is 16.6. The zero-order valence-electron chi connectivity index (χ0n) is 17.7. The number of carboxylic acid groups (broad SMARTS) is 1. The number of anilines is 3. The van der Waals surface area contributed by atoms with Crippen molar-refractivity contribution < 1.29 is 19.4 Å². The van der Waals surface area contributed by atoms with Gasteiger partial charge in [-0.1, -0.05) is 0 Å². The molecule has 0 amide bonds. The Bertz CT molecular complexity index is 893. The molecule has 30 heavy (non-hydrogen) atoms. The first-order valence-corrected chi connectivity index (χ1v) is 9.91. The van der Waals surface area contributed by atoms with Crippen molar-refractivity contribution in [3.63, 3.8) is 0 Å². The summed E-state index contributed by atoms with van der Waals surface area (Å²) >= 11 is 0. The molecule has 162 valence electrons. The van der Waals surface area contributed by atoms with Gasteiger partial charge in [0.1, 0.15) is 17.2 Å². The van der Waals surface area contributed by atoms with E-state index < -0.39 is 17.5 Å². The van der Waals surface area contributed by atoms with Gasteiger partial charge in [-0.15, -0.1) is 0 Å². The number of carbonyl (C=O) groups is 2. The van der Waals surface area contributed by atoms with E-state index in [0.29, 0.717) is 30.5 Å². The van der Waals surface area contributed by atoms with Gasteiger partial charge in [0.25, 0.3) is 0 Å². The number of piperidine rings is 1. The zero-order valence-corrected chi connectivity index (χ0v) is 17.7. The number of carbonyl (C=O) groups excluding carboxylic acids is 1. The molecule has 1 aliphatic heterocycles. The zero-order chi connectivity index (χ0) is 21.9. The Kier molecular flexibility index (Phi) is 6.23. The minimum atomic E-state index is -0.891. The number of aliphatic carboxylic acids is 1. The van der Waals surface area contributed by atoms with Gasteiger partial charge in [0, 0.05) is 30.9 Å². The fourth-order valence-electron chi connectivity index (χ4n) is 3.53. The van der Waals surface area contributed by atoms with Crippen molar-refractivity contribution in [1.82, 2.24) is 20.2 Å². The maximum absolute atomic E-state index is 12.3. The van der Waals surface area contributed by atoms with Crippen molar-refractivity contribution >= 4 is 29.5 Å². The minimum absolute atomic E-state index is 0.155. The van der Waals surface area contributed by atoms with Gasteiger partial charge in [0.15, 0.2) is 0 Å². The standard InChI is InChI=1S/C20H28N6O4/c1-12-7-16(23-15-5-6-21-25-15)24-19(22-12)26-10-13(8-14(11-26)18(28)29)9-17(27)30-20(2,3)4/h5-7,13-14H,8-11H2,1-4H3,(H,28,29)(H2,21,22,23,24,25)/t13-,14+/m0/s1. The lowest BCUT2D eigenvalue weighted by molar-refractivity contribution is -0.157. The number of esters is 1. The number of aromatic amines is 1. The largest absolute Gasteiger partial charge is 0.481 e. The Hall–Kier alpha value is -3.17. The number of hydrogen-bond donors (Lipinski definition) is 3. The van der Waals surface area contributed by atoms with Gasteiger partial charge in [-0.3, -0.25) is 14.7 Å². The van der Waals surface area contributed by atoms with Crippen LogP contribution < -0.4 is 10.2 Å². The number of carboxylic acids is 1. The van der Waals surface area contributed by atoms with Crippen molar-refractivity contribution in [1.29, 1.82) is 0 Å². The van der Waals surface area contributed by atoms with Crippen molar-refractivity contribution in [2.45, 2.75) is 46.1 Å². The van der Waals surface area contributed by atoms with E-state index in [1.807, 2.05) is 32.6 Å². The normalized spacial score (nSPS) is 19.4. The third-order valence-electron chi connectivity index (χ3n) is 4.65. The fourth-order valence-corrected chi connectivity index (χ4v) is 3.53. The van der Waals surface area contributed by atoms with E-state index in [9.17, 15) is 14.7 Å². The SMILES string of the molecule is Cc1cc(Nc2ccn[nH]2)nc(N2C[C@H](CC(=O)OC(C)(C)C)C[C@@H](C(=O)O)C2)n1. The second-order valence-electron chi connectivity index (χ2n) is 8.62. The summed E-state index contributed by atoms with van der Waals surface area (Å²) in [5.41, 5.74) is 0.160. The number of aromatic nitrogens is 4. The average molecular weight is 416 g/mol. The van der Waals surface area contributed by atoms with Crippen molar-refractivity contribution in [3.05, 3.63) is 24.0 Å². The Balaban J connectivity index is 1.78. The van der Waals surface area contributed by atoms with E-state index in [1.54, 1.807) is 18.3 Å². The molecule has 0 spiro atoms. The number of nitrogens with one attached hydrogen (secondary N) is 2. The van der Waals surface area contributed by atoms with Crippen LogP contribution >= 0.6 is 0 Å². The second-order valence-corrected chi connectivity index (χ2v) is 8.62. The van der Waals surface area contributed by atoms with E-state index in [2.05, 4.69) is 25.5 Å². The molecule has 1 saturated heterocycles. The Morgan fingerprint density at radius 3 is 2.73 bits per heavy atom. The predicted molar refractivity (Wildman–Crippen MR) is 111 cm³/mol. The molecule has 10 nitrogen and oxygen atoms in total. The Labute approximate surface area is 175 Å². The smallest absolute Gasteiger partial charge is 0.308 e. The average Bonchev–Trinajstić information content (AvgIpc) is 3.12. The first-order chi connectivity index (χ1) is 14.1. The van der Waals surface area contributed by atoms with Crippen LogP contribution in [0.25, 0.3) is 0 Å². The number of H-pyrrole nitrogens is 1. The molecule has 3 heterocycles. The fraction of sp³-hybridized carbons (Fsp3) is 0.550. The summed E-state index contributed by atoms with van der Waals surface area (Å²) in [7, 11) is 0. The molecule has 10 heteroatoms. The van der Waals surface area contributed by atoms with Crippen LogP contribution in [0.15, 0.2) is 18.3 Å². The monoisotopic (exact) mass is 416 g/mol. The summed E-state index contributed by atoms with van der Waals surface area (Å²) < 4.78 is 5.42. The molecular weight excluding hydrogens is 388 g/mol. The third-order valence-corrected chi connectivity index (χ3v) is 4.65. The van der Waals surface area contributed by atoms with Crippen LogP contribution in [0.2, 0.25) is 0 Å². The van der Waals surface area contributed by atoms with Crippen LogP contribution in [0.4, 0.5) is 17.6 Å². The molecule has 0 aliphatic carbocycles. The van der Waals surface area contributed by atoms with Crippen LogP contribution in [0.1, 0.15) is 39.3 Å². The lowest BCUT2D eigenvalue weighted by Gasteiger charge is -2.36. The van der Waals surface area contributed by atoms with E-state index in [4.69, 9.17) is 4.74 Å². The van der Waals surface area contributed by atoms with Gasteiger partial charge in [0.2, 0.25) is 5.95 Å². The maximum atomic E-state index is 12.3. The van der Waals surface area contributed by atoms with Crippen LogP contribution in [-0.4, -0.2) is 55.9 Å². The lowest BCUT2D eigenvalue weighted by Crippen LogP contribution is -2.45. The van der Waals surface area contributed by atoms with Gasteiger partial charge in [-0.25, -0.2) is 4.98 Å². The lowest BCUT2D eigenvalue weighted by atomic mass is 9.87. The molecular formula is C20H28N6O4. The van der Waals surface area contributed by atoms with Crippen molar-refractivity contribution in [2.24, 2.45) is 11.8 Å². The first kappa shape index (κ1) is 21.5. The minimum Gasteiger partial charge on any atom is -0.481 e. The van der Waals surface area contributed by atoms with Crippen molar-refractivity contribution in [2.75, 3.05) is 23.3 Å². The van der Waals surface area contributed by atoms with Crippen LogP contribution in [0.3, 0.4) is 0 Å².